The van der Waals surface area contributed by atoms with Gasteiger partial charge in [-0.1, -0.05) is 48.5 Å². The van der Waals surface area contributed by atoms with Crippen LogP contribution in [0.15, 0.2) is 66.7 Å². The van der Waals surface area contributed by atoms with Gasteiger partial charge in [0.2, 0.25) is 5.92 Å². The molecule has 4 aromatic carbocycles. The number of rotatable bonds is 9. The van der Waals surface area contributed by atoms with Crippen LogP contribution in [0.4, 0.5) is 22.0 Å². The minimum Gasteiger partial charge on any atom is -0.496 e. The Kier molecular flexibility index (Phi) is 10.6. The Morgan fingerprint density at radius 3 is 2.20 bits per heavy atom. The maximum Gasteiger partial charge on any atom is 0.303 e. The summed E-state index contributed by atoms with van der Waals surface area (Å²) in [6.07, 6.45) is -0.176. The Balaban J connectivity index is 0.000000232. The number of ether oxygens (including phenoxy) is 1. The van der Waals surface area contributed by atoms with Crippen molar-refractivity contribution in [3.63, 3.8) is 0 Å². The number of primary amides is 1. The van der Waals surface area contributed by atoms with Gasteiger partial charge in [0.15, 0.2) is 0 Å². The predicted octanol–water partition coefficient (Wildman–Crippen LogP) is 8.51. The van der Waals surface area contributed by atoms with Gasteiger partial charge in [0.1, 0.15) is 11.6 Å². The number of carbonyl (C=O) groups excluding carboxylic acids is 1. The van der Waals surface area contributed by atoms with Gasteiger partial charge < -0.3 is 15.6 Å². The minimum absolute atomic E-state index is 0.0804. The Morgan fingerprint density at radius 1 is 0.918 bits per heavy atom. The van der Waals surface area contributed by atoms with E-state index in [9.17, 15) is 31.5 Å². The molecular formula is C38H39F5N2O4. The Morgan fingerprint density at radius 2 is 1.59 bits per heavy atom. The molecule has 6 nitrogen and oxygen atoms in total. The molecule has 0 radical (unpaired) electrons. The topological polar surface area (TPSA) is 92.9 Å². The lowest BCUT2D eigenvalue weighted by atomic mass is 9.76. The summed E-state index contributed by atoms with van der Waals surface area (Å²) in [4.78, 5) is 24.1. The molecule has 1 saturated carbocycles. The third-order valence-electron chi connectivity index (χ3n) is 9.29. The van der Waals surface area contributed by atoms with Crippen LogP contribution in [0.25, 0.3) is 21.9 Å². The second-order valence-corrected chi connectivity index (χ2v) is 12.9. The first kappa shape index (κ1) is 35.8. The summed E-state index contributed by atoms with van der Waals surface area (Å²) >= 11 is 0. The van der Waals surface area contributed by atoms with Crippen molar-refractivity contribution in [3.05, 3.63) is 100 Å². The number of hydrogen-bond acceptors (Lipinski definition) is 4. The minimum atomic E-state index is -2.64. The van der Waals surface area contributed by atoms with Gasteiger partial charge >= 0.3 is 5.97 Å². The predicted molar refractivity (Wildman–Crippen MR) is 178 cm³/mol. The fourth-order valence-corrected chi connectivity index (χ4v) is 6.65. The number of piperidine rings is 1. The van der Waals surface area contributed by atoms with Crippen LogP contribution in [0, 0.1) is 12.7 Å². The lowest BCUT2D eigenvalue weighted by Crippen LogP contribution is -2.38. The maximum atomic E-state index is 13.6. The highest BCUT2D eigenvalue weighted by Gasteiger charge is 2.46. The molecule has 0 aromatic heterocycles. The van der Waals surface area contributed by atoms with Gasteiger partial charge in [-0.25, -0.2) is 22.0 Å². The molecule has 49 heavy (non-hydrogen) atoms. The molecule has 6 rings (SSSR count). The number of nitrogens with zero attached hydrogens (tertiary/aromatic N) is 1. The summed E-state index contributed by atoms with van der Waals surface area (Å²) in [5, 5.41) is 11.1. The summed E-state index contributed by atoms with van der Waals surface area (Å²) in [5.74, 6) is -7.18. The van der Waals surface area contributed by atoms with E-state index in [1.807, 2.05) is 48.5 Å². The van der Waals surface area contributed by atoms with E-state index in [1.54, 1.807) is 20.1 Å². The van der Waals surface area contributed by atoms with Crippen molar-refractivity contribution in [2.24, 2.45) is 5.73 Å². The first-order valence-corrected chi connectivity index (χ1v) is 16.1. The number of alkyl halides is 4. The zero-order chi connectivity index (χ0) is 35.5. The smallest absolute Gasteiger partial charge is 0.303 e. The van der Waals surface area contributed by atoms with Crippen molar-refractivity contribution < 1.29 is 41.4 Å². The van der Waals surface area contributed by atoms with Crippen LogP contribution in [0.5, 0.6) is 5.75 Å². The number of likely N-dealkylation sites (tertiary alicyclic amines) is 1. The van der Waals surface area contributed by atoms with E-state index in [0.717, 1.165) is 44.8 Å². The van der Waals surface area contributed by atoms with Gasteiger partial charge in [0.05, 0.1) is 12.7 Å². The van der Waals surface area contributed by atoms with E-state index < -0.39 is 29.5 Å². The van der Waals surface area contributed by atoms with Crippen molar-refractivity contribution in [1.82, 2.24) is 4.90 Å². The van der Waals surface area contributed by atoms with Crippen molar-refractivity contribution in [2.45, 2.75) is 69.8 Å². The lowest BCUT2D eigenvalue weighted by molar-refractivity contribution is -0.136. The van der Waals surface area contributed by atoms with Gasteiger partial charge in [0.25, 0.3) is 11.8 Å². The zero-order valence-corrected chi connectivity index (χ0v) is 27.4. The number of carbonyl (C=O) groups is 2. The van der Waals surface area contributed by atoms with Crippen molar-refractivity contribution in [3.8, 4) is 16.9 Å². The molecule has 1 saturated heterocycles. The summed E-state index contributed by atoms with van der Waals surface area (Å²) in [5.41, 5.74) is 9.75. The monoisotopic (exact) mass is 682 g/mol. The number of benzene rings is 4. The van der Waals surface area contributed by atoms with Crippen LogP contribution in [0.3, 0.4) is 0 Å². The van der Waals surface area contributed by atoms with Gasteiger partial charge in [-0.2, -0.15) is 0 Å². The van der Waals surface area contributed by atoms with Gasteiger partial charge in [0, 0.05) is 57.3 Å². The number of aryl methyl sites for hydroxylation is 2. The molecule has 2 aliphatic rings. The van der Waals surface area contributed by atoms with Crippen LogP contribution < -0.4 is 10.5 Å². The number of aliphatic carboxylic acids is 1. The third kappa shape index (κ3) is 8.57. The van der Waals surface area contributed by atoms with E-state index >= 15 is 0 Å². The van der Waals surface area contributed by atoms with E-state index in [4.69, 9.17) is 15.6 Å². The van der Waals surface area contributed by atoms with Crippen LogP contribution in [0.1, 0.15) is 70.6 Å². The zero-order valence-electron chi connectivity index (χ0n) is 27.4. The second kappa shape index (κ2) is 14.5. The summed E-state index contributed by atoms with van der Waals surface area (Å²) in [7, 11) is 1.63. The fraction of sp³-hybridized carbons (Fsp3) is 0.368. The molecule has 260 valence electrons. The molecule has 3 N–H and O–H groups in total. The van der Waals surface area contributed by atoms with Crippen molar-refractivity contribution in [1.29, 1.82) is 0 Å². The molecule has 11 heteroatoms. The van der Waals surface area contributed by atoms with E-state index in [-0.39, 0.29) is 43.6 Å². The molecule has 0 spiro atoms. The van der Waals surface area contributed by atoms with Crippen molar-refractivity contribution >= 4 is 22.6 Å². The van der Waals surface area contributed by atoms with Gasteiger partial charge in [-0.05, 0) is 76.1 Å². The van der Waals surface area contributed by atoms with Crippen molar-refractivity contribution in [2.75, 3.05) is 20.2 Å². The lowest BCUT2D eigenvalue weighted by Gasteiger charge is -2.35. The van der Waals surface area contributed by atoms with E-state index in [1.165, 1.54) is 0 Å². The van der Waals surface area contributed by atoms with E-state index in [2.05, 4.69) is 11.0 Å². The number of halogens is 5. The van der Waals surface area contributed by atoms with Gasteiger partial charge in [-0.3, -0.25) is 14.5 Å². The summed E-state index contributed by atoms with van der Waals surface area (Å²) in [6, 6.07) is 20.7. The highest BCUT2D eigenvalue weighted by atomic mass is 19.3. The van der Waals surface area contributed by atoms with Crippen LogP contribution in [0.2, 0.25) is 0 Å². The van der Waals surface area contributed by atoms with Crippen LogP contribution >= 0.6 is 0 Å². The first-order valence-electron chi connectivity index (χ1n) is 16.1. The van der Waals surface area contributed by atoms with Crippen LogP contribution in [-0.2, 0) is 17.8 Å². The highest BCUT2D eigenvalue weighted by molar-refractivity contribution is 6.00. The first-order chi connectivity index (χ1) is 23.2. The number of nitrogens with two attached hydrogens (primary N) is 1. The Bertz CT molecular complexity index is 1820. The number of amides is 1. The van der Waals surface area contributed by atoms with Gasteiger partial charge in [-0.15, -0.1) is 0 Å². The molecular weight excluding hydrogens is 643 g/mol. The molecule has 1 amide bonds. The number of fused-ring (bicyclic) bond motifs is 1. The Hall–Kier alpha value is -4.51. The third-order valence-corrected chi connectivity index (χ3v) is 9.29. The van der Waals surface area contributed by atoms with Crippen LogP contribution in [-0.4, -0.2) is 53.9 Å². The van der Waals surface area contributed by atoms with E-state index in [0.29, 0.717) is 37.2 Å². The largest absolute Gasteiger partial charge is 0.496 e. The fourth-order valence-electron chi connectivity index (χ4n) is 6.65. The highest BCUT2D eigenvalue weighted by Crippen LogP contribution is 2.48. The molecule has 0 unspecified atom stereocenters. The molecule has 2 fully saturated rings. The second-order valence-electron chi connectivity index (χ2n) is 12.9. The Labute approximate surface area is 281 Å². The molecule has 4 aromatic rings. The molecule has 0 bridgehead atoms. The quantitative estimate of drug-likeness (QED) is 0.173. The normalized spacial score (nSPS) is 17.1. The molecule has 0 atom stereocenters. The molecule has 1 aliphatic heterocycles. The number of carboxylic acid groups (broad SMARTS) is 1. The average Bonchev–Trinajstić information content (AvgIpc) is 3.03. The number of methoxy groups -OCH3 is 1. The number of hydrogen-bond donors (Lipinski definition) is 2. The summed E-state index contributed by atoms with van der Waals surface area (Å²) in [6.45, 7) is 2.93. The average molecular weight is 683 g/mol. The maximum absolute atomic E-state index is 13.6. The molecule has 1 heterocycles. The standard InChI is InChI=1S/C26H27F2NO3.C12H12F3NO/c1-32-24-10-8-18(17-29-14-12-26(27,28)13-15-29)16-23(24)22-7-3-5-20-19(9-11-25(30)31)4-2-6-21(20)22;1-6-2-7(8-4-12(14,15)5-8)3-9(13)10(6)11(16)17/h2-8,10,16H,9,11-15,17H2,1H3,(H,30,31);2-3,8H,4-5H2,1H3,(H2,16,17). The molecule has 1 aliphatic carbocycles. The number of carboxylic acids is 1. The summed E-state index contributed by atoms with van der Waals surface area (Å²) < 4.78 is 71.7. The SMILES string of the molecule is COc1ccc(CN2CCC(F)(F)CC2)cc1-c1cccc2c(CCC(=O)O)cccc12.Cc1cc(C2CC(F)(F)C2)cc(F)c1C(N)=O.